The summed E-state index contributed by atoms with van der Waals surface area (Å²) in [6.45, 7) is 0.376. The lowest BCUT2D eigenvalue weighted by molar-refractivity contribution is -0.121. The van der Waals surface area contributed by atoms with E-state index in [0.29, 0.717) is 16.7 Å². The average molecular weight is 466 g/mol. The fourth-order valence-corrected chi connectivity index (χ4v) is 3.69. The maximum atomic E-state index is 13.2. The summed E-state index contributed by atoms with van der Waals surface area (Å²) < 4.78 is 6.17. The summed E-state index contributed by atoms with van der Waals surface area (Å²) in [4.78, 5) is 27.6. The fourth-order valence-electron chi connectivity index (χ4n) is 3.21. The Morgan fingerprint density at radius 2 is 1.40 bits per heavy atom. The molecule has 1 saturated heterocycles. The van der Waals surface area contributed by atoms with Gasteiger partial charge < -0.3 is 9.64 Å². The number of nitrogens with zero attached hydrogens (tertiary/aromatic N) is 2. The minimum absolute atomic E-state index is 0.274. The number of halogens is 1. The Kier molecular flexibility index (Phi) is 5.94. The van der Waals surface area contributed by atoms with E-state index in [9.17, 15) is 9.59 Å². The van der Waals surface area contributed by atoms with Gasteiger partial charge in [-0.2, -0.15) is 0 Å². The fraction of sp³-hybridized carbons (Fsp3) is 0.130. The number of rotatable bonds is 6. The van der Waals surface area contributed by atoms with Gasteiger partial charge in [0.15, 0.2) is 12.2 Å². The highest BCUT2D eigenvalue weighted by atomic mass is 79.9. The number of ether oxygens (including phenoxy) is 1. The third-order valence-electron chi connectivity index (χ3n) is 4.85. The number of amides is 2. The second-order valence-corrected chi connectivity index (χ2v) is 7.74. The van der Waals surface area contributed by atoms with Gasteiger partial charge in [0.1, 0.15) is 0 Å². The Morgan fingerprint density at radius 3 is 2.07 bits per heavy atom. The molecule has 7 heteroatoms. The maximum absolute atomic E-state index is 13.2. The van der Waals surface area contributed by atoms with E-state index in [1.165, 1.54) is 0 Å². The highest BCUT2D eigenvalue weighted by molar-refractivity contribution is 9.10. The largest absolute Gasteiger partial charge is 0.349 e. The highest BCUT2D eigenvalue weighted by Crippen LogP contribution is 2.32. The molecule has 0 aliphatic carbocycles. The Balaban J connectivity index is 1.52. The lowest BCUT2D eigenvalue weighted by Crippen LogP contribution is -2.43. The molecule has 2 amide bonds. The SMILES string of the molecule is NN(C(=O)[C@H]1O[C@@H]1C(=O)N(Cc1ccccc1)c1ccccc1)c1ccccc1Br. The summed E-state index contributed by atoms with van der Waals surface area (Å²) >= 11 is 3.38. The average Bonchev–Trinajstić information content (AvgIpc) is 3.59. The Hall–Kier alpha value is -3.00. The Morgan fingerprint density at radius 1 is 0.833 bits per heavy atom. The number of hydrogen-bond donors (Lipinski definition) is 1. The minimum Gasteiger partial charge on any atom is -0.349 e. The molecule has 1 heterocycles. The molecule has 1 aliphatic heterocycles. The van der Waals surface area contributed by atoms with Gasteiger partial charge in [-0.3, -0.25) is 9.59 Å². The van der Waals surface area contributed by atoms with Crippen LogP contribution >= 0.6 is 15.9 Å². The smallest absolute Gasteiger partial charge is 0.273 e. The number of epoxide rings is 1. The summed E-state index contributed by atoms with van der Waals surface area (Å²) in [6, 6.07) is 26.1. The van der Waals surface area contributed by atoms with Crippen molar-refractivity contribution in [1.82, 2.24) is 0 Å². The minimum atomic E-state index is -0.906. The van der Waals surface area contributed by atoms with Gasteiger partial charge in [-0.05, 0) is 45.8 Å². The molecule has 30 heavy (non-hydrogen) atoms. The number of anilines is 2. The zero-order valence-electron chi connectivity index (χ0n) is 16.0. The van der Waals surface area contributed by atoms with E-state index >= 15 is 0 Å². The Bertz CT molecular complexity index is 1050. The van der Waals surface area contributed by atoms with Crippen LogP contribution in [0.5, 0.6) is 0 Å². The number of hydrogen-bond acceptors (Lipinski definition) is 4. The molecule has 1 fully saturated rings. The lowest BCUT2D eigenvalue weighted by Gasteiger charge is -2.22. The molecule has 152 valence electrons. The molecule has 0 bridgehead atoms. The second kappa shape index (κ2) is 8.79. The van der Waals surface area contributed by atoms with Gasteiger partial charge in [-0.15, -0.1) is 0 Å². The van der Waals surface area contributed by atoms with Gasteiger partial charge in [0.05, 0.1) is 12.2 Å². The van der Waals surface area contributed by atoms with Crippen molar-refractivity contribution in [1.29, 1.82) is 0 Å². The van der Waals surface area contributed by atoms with Crippen molar-refractivity contribution < 1.29 is 14.3 Å². The first-order valence-electron chi connectivity index (χ1n) is 9.45. The van der Waals surface area contributed by atoms with Gasteiger partial charge in [0.25, 0.3) is 11.8 Å². The zero-order chi connectivity index (χ0) is 21.1. The number of carbonyl (C=O) groups is 2. The summed E-state index contributed by atoms with van der Waals surface area (Å²) in [6.07, 6.45) is -1.77. The molecule has 0 aromatic heterocycles. The van der Waals surface area contributed by atoms with Gasteiger partial charge in [-0.1, -0.05) is 60.7 Å². The predicted octanol–water partition coefficient (Wildman–Crippen LogP) is 3.66. The maximum Gasteiger partial charge on any atom is 0.273 e. The van der Waals surface area contributed by atoms with E-state index in [4.69, 9.17) is 10.6 Å². The standard InChI is InChI=1S/C23H20BrN3O3/c24-18-13-7-8-14-19(18)27(25)23(29)21-20(30-21)22(28)26(17-11-5-2-6-12-17)15-16-9-3-1-4-10-16/h1-14,20-21H,15,25H2/t20-,21-/m0/s1. The third kappa shape index (κ3) is 4.28. The first-order chi connectivity index (χ1) is 14.6. The number of carbonyl (C=O) groups excluding carboxylic acids is 2. The van der Waals surface area contributed by atoms with Crippen LogP contribution in [-0.2, 0) is 20.9 Å². The molecule has 1 aliphatic rings. The van der Waals surface area contributed by atoms with Crippen LogP contribution in [-0.4, -0.2) is 24.0 Å². The molecular weight excluding hydrogens is 446 g/mol. The second-order valence-electron chi connectivity index (χ2n) is 6.88. The van der Waals surface area contributed by atoms with Crippen LogP contribution in [0.3, 0.4) is 0 Å². The molecule has 0 radical (unpaired) electrons. The van der Waals surface area contributed by atoms with Crippen LogP contribution in [0.15, 0.2) is 89.4 Å². The summed E-state index contributed by atoms with van der Waals surface area (Å²) in [5.74, 6) is 5.26. The van der Waals surface area contributed by atoms with Crippen molar-refractivity contribution in [2.45, 2.75) is 18.8 Å². The van der Waals surface area contributed by atoms with Crippen molar-refractivity contribution in [2.75, 3.05) is 9.91 Å². The number of nitrogens with two attached hydrogens (primary N) is 1. The van der Waals surface area contributed by atoms with Crippen LogP contribution in [0.1, 0.15) is 5.56 Å². The summed E-state index contributed by atoms with van der Waals surface area (Å²) in [5.41, 5.74) is 2.23. The molecule has 2 atom stereocenters. The van der Waals surface area contributed by atoms with Gasteiger partial charge in [0, 0.05) is 10.2 Å². The van der Waals surface area contributed by atoms with Crippen LogP contribution < -0.4 is 15.8 Å². The van der Waals surface area contributed by atoms with Crippen molar-refractivity contribution in [3.8, 4) is 0 Å². The summed E-state index contributed by atoms with van der Waals surface area (Å²) in [5, 5.41) is 1.02. The normalized spacial score (nSPS) is 17.3. The van der Waals surface area contributed by atoms with E-state index < -0.39 is 18.1 Å². The first-order valence-corrected chi connectivity index (χ1v) is 10.2. The van der Waals surface area contributed by atoms with Gasteiger partial charge in [-0.25, -0.2) is 10.9 Å². The first kappa shape index (κ1) is 20.3. The molecule has 2 N–H and O–H groups in total. The van der Waals surface area contributed by atoms with Crippen molar-refractivity contribution >= 4 is 39.1 Å². The Labute approximate surface area is 182 Å². The van der Waals surface area contributed by atoms with Crippen LogP contribution in [0.2, 0.25) is 0 Å². The zero-order valence-corrected chi connectivity index (χ0v) is 17.6. The number of benzene rings is 3. The van der Waals surface area contributed by atoms with Crippen LogP contribution in [0.25, 0.3) is 0 Å². The monoisotopic (exact) mass is 465 g/mol. The molecule has 0 saturated carbocycles. The van der Waals surface area contributed by atoms with E-state index in [0.717, 1.165) is 16.3 Å². The highest BCUT2D eigenvalue weighted by Gasteiger charge is 2.53. The van der Waals surface area contributed by atoms with E-state index in [2.05, 4.69) is 15.9 Å². The van der Waals surface area contributed by atoms with E-state index in [1.807, 2.05) is 66.7 Å². The topological polar surface area (TPSA) is 79.2 Å². The molecule has 6 nitrogen and oxygen atoms in total. The molecule has 3 aromatic carbocycles. The van der Waals surface area contributed by atoms with Gasteiger partial charge in [0.2, 0.25) is 0 Å². The number of para-hydroxylation sites is 2. The molecule has 0 spiro atoms. The molecule has 3 aromatic rings. The van der Waals surface area contributed by atoms with Crippen molar-refractivity contribution in [2.24, 2.45) is 5.84 Å². The van der Waals surface area contributed by atoms with Crippen LogP contribution in [0.4, 0.5) is 11.4 Å². The van der Waals surface area contributed by atoms with Crippen molar-refractivity contribution in [3.63, 3.8) is 0 Å². The molecular formula is C23H20BrN3O3. The van der Waals surface area contributed by atoms with Crippen LogP contribution in [0, 0.1) is 0 Å². The van der Waals surface area contributed by atoms with E-state index in [1.54, 1.807) is 23.1 Å². The molecule has 0 unspecified atom stereocenters. The lowest BCUT2D eigenvalue weighted by atomic mass is 10.1. The number of hydrazine groups is 1. The predicted molar refractivity (Wildman–Crippen MR) is 119 cm³/mol. The quantitative estimate of drug-likeness (QED) is 0.260. The van der Waals surface area contributed by atoms with E-state index in [-0.39, 0.29) is 5.91 Å². The van der Waals surface area contributed by atoms with Gasteiger partial charge >= 0.3 is 0 Å². The summed E-state index contributed by atoms with van der Waals surface area (Å²) in [7, 11) is 0. The van der Waals surface area contributed by atoms with Crippen molar-refractivity contribution in [3.05, 3.63) is 95.0 Å². The third-order valence-corrected chi connectivity index (χ3v) is 5.52. The molecule has 4 rings (SSSR count).